The van der Waals surface area contributed by atoms with Crippen molar-refractivity contribution in [3.63, 3.8) is 0 Å². The maximum absolute atomic E-state index is 12.4. The van der Waals surface area contributed by atoms with E-state index in [9.17, 15) is 9.59 Å². The molecular weight excluding hydrogens is 330 g/mol. The Kier molecular flexibility index (Phi) is 5.99. The van der Waals surface area contributed by atoms with Crippen molar-refractivity contribution in [2.45, 2.75) is 39.3 Å². The summed E-state index contributed by atoms with van der Waals surface area (Å²) in [7, 11) is 0. The van der Waals surface area contributed by atoms with Crippen molar-refractivity contribution < 1.29 is 9.59 Å². The highest BCUT2D eigenvalue weighted by Gasteiger charge is 2.27. The molecule has 7 nitrogen and oxygen atoms in total. The highest BCUT2D eigenvalue weighted by atomic mass is 16.2. The van der Waals surface area contributed by atoms with Gasteiger partial charge in [0, 0.05) is 55.9 Å². The van der Waals surface area contributed by atoms with Crippen molar-refractivity contribution in [1.82, 2.24) is 24.8 Å². The van der Waals surface area contributed by atoms with Crippen molar-refractivity contribution in [2.75, 3.05) is 13.1 Å². The van der Waals surface area contributed by atoms with Crippen LogP contribution in [0.5, 0.6) is 0 Å². The number of rotatable bonds is 6. The highest BCUT2D eigenvalue weighted by molar-refractivity contribution is 5.94. The molecule has 3 rings (SSSR count). The summed E-state index contributed by atoms with van der Waals surface area (Å²) < 4.78 is 2.07. The number of hydrogen-bond acceptors (Lipinski definition) is 4. The lowest BCUT2D eigenvalue weighted by Gasteiger charge is -2.31. The summed E-state index contributed by atoms with van der Waals surface area (Å²) in [5.74, 6) is 0.886. The molecule has 2 aromatic heterocycles. The Hall–Kier alpha value is -2.70. The number of amides is 2. The van der Waals surface area contributed by atoms with E-state index in [1.165, 1.54) is 0 Å². The molecular formula is C19H25N5O2. The summed E-state index contributed by atoms with van der Waals surface area (Å²) in [5.41, 5.74) is 0.644. The zero-order chi connectivity index (χ0) is 18.4. The van der Waals surface area contributed by atoms with E-state index in [2.05, 4.69) is 26.8 Å². The van der Waals surface area contributed by atoms with Crippen LogP contribution in [0.4, 0.5) is 0 Å². The van der Waals surface area contributed by atoms with Crippen LogP contribution in [-0.2, 0) is 17.9 Å². The average Bonchev–Trinajstić information content (AvgIpc) is 3.14. The molecule has 0 spiro atoms. The third-order valence-electron chi connectivity index (χ3n) is 4.77. The molecule has 0 saturated carbocycles. The predicted octanol–water partition coefficient (Wildman–Crippen LogP) is 1.86. The Labute approximate surface area is 153 Å². The smallest absolute Gasteiger partial charge is 0.253 e. The van der Waals surface area contributed by atoms with Crippen molar-refractivity contribution in [3.05, 3.63) is 48.3 Å². The number of likely N-dealkylation sites (tertiary alicyclic amines) is 1. The minimum atomic E-state index is -0.0499. The SMILES string of the molecule is CCCn1ccnc1CNC(=O)C1CCN(C(=O)c2ccncc2)CC1. The van der Waals surface area contributed by atoms with Crippen LogP contribution in [0.15, 0.2) is 36.9 Å². The second kappa shape index (κ2) is 8.60. The first-order chi connectivity index (χ1) is 12.7. The monoisotopic (exact) mass is 355 g/mol. The number of nitrogens with one attached hydrogen (secondary N) is 1. The van der Waals surface area contributed by atoms with Crippen molar-refractivity contribution >= 4 is 11.8 Å². The Morgan fingerprint density at radius 2 is 1.92 bits per heavy atom. The standard InChI is InChI=1S/C19H25N5O2/c1-2-10-23-13-9-21-17(23)14-22-18(25)15-5-11-24(12-6-15)19(26)16-3-7-20-8-4-16/h3-4,7-9,13,15H,2,5-6,10-12,14H2,1H3,(H,22,25). The van der Waals surface area contributed by atoms with E-state index in [1.54, 1.807) is 30.7 Å². The molecule has 0 aliphatic carbocycles. The van der Waals surface area contributed by atoms with E-state index < -0.39 is 0 Å². The number of nitrogens with zero attached hydrogens (tertiary/aromatic N) is 4. The molecule has 7 heteroatoms. The molecule has 138 valence electrons. The van der Waals surface area contributed by atoms with Gasteiger partial charge in [0.2, 0.25) is 5.91 Å². The number of carbonyl (C=O) groups is 2. The van der Waals surface area contributed by atoms with Crippen molar-refractivity contribution in [2.24, 2.45) is 5.92 Å². The van der Waals surface area contributed by atoms with Gasteiger partial charge in [-0.3, -0.25) is 14.6 Å². The van der Waals surface area contributed by atoms with Gasteiger partial charge in [0.25, 0.3) is 5.91 Å². The molecule has 3 heterocycles. The van der Waals surface area contributed by atoms with Gasteiger partial charge in [-0.2, -0.15) is 0 Å². The fourth-order valence-corrected chi connectivity index (χ4v) is 3.28. The molecule has 1 aliphatic heterocycles. The molecule has 1 saturated heterocycles. The molecule has 0 aromatic carbocycles. The van der Waals surface area contributed by atoms with Crippen LogP contribution >= 0.6 is 0 Å². The molecule has 1 aliphatic rings. The molecule has 0 bridgehead atoms. The van der Waals surface area contributed by atoms with Gasteiger partial charge in [0.15, 0.2) is 0 Å². The van der Waals surface area contributed by atoms with Gasteiger partial charge >= 0.3 is 0 Å². The first-order valence-electron chi connectivity index (χ1n) is 9.16. The Bertz CT molecular complexity index is 735. The topological polar surface area (TPSA) is 80.1 Å². The summed E-state index contributed by atoms with van der Waals surface area (Å²) in [6, 6.07) is 3.44. The summed E-state index contributed by atoms with van der Waals surface area (Å²) in [6.45, 7) is 4.67. The largest absolute Gasteiger partial charge is 0.349 e. The quantitative estimate of drug-likeness (QED) is 0.858. The lowest BCUT2D eigenvalue weighted by atomic mass is 9.95. The number of pyridine rings is 1. The van der Waals surface area contributed by atoms with Crippen molar-refractivity contribution in [1.29, 1.82) is 0 Å². The third-order valence-corrected chi connectivity index (χ3v) is 4.77. The van der Waals surface area contributed by atoms with E-state index in [0.29, 0.717) is 38.0 Å². The molecule has 1 fully saturated rings. The fraction of sp³-hybridized carbons (Fsp3) is 0.474. The van der Waals surface area contributed by atoms with Crippen LogP contribution in [-0.4, -0.2) is 44.3 Å². The average molecular weight is 355 g/mol. The van der Waals surface area contributed by atoms with Gasteiger partial charge in [-0.15, -0.1) is 0 Å². The zero-order valence-corrected chi connectivity index (χ0v) is 15.1. The number of imidazole rings is 1. The van der Waals surface area contributed by atoms with E-state index in [4.69, 9.17) is 0 Å². The minimum absolute atomic E-state index is 0.00727. The summed E-state index contributed by atoms with van der Waals surface area (Å²) in [4.78, 5) is 35.0. The highest BCUT2D eigenvalue weighted by Crippen LogP contribution is 2.19. The van der Waals surface area contributed by atoms with E-state index in [-0.39, 0.29) is 17.7 Å². The normalized spacial score (nSPS) is 15.0. The summed E-state index contributed by atoms with van der Waals surface area (Å²) in [6.07, 6.45) is 9.35. The number of piperidine rings is 1. The van der Waals surface area contributed by atoms with Crippen LogP contribution in [0.1, 0.15) is 42.4 Å². The maximum Gasteiger partial charge on any atom is 0.253 e. The molecule has 0 atom stereocenters. The maximum atomic E-state index is 12.4. The van der Waals surface area contributed by atoms with Crippen molar-refractivity contribution in [3.8, 4) is 0 Å². The van der Waals surface area contributed by atoms with Gasteiger partial charge in [0.05, 0.1) is 6.54 Å². The minimum Gasteiger partial charge on any atom is -0.349 e. The molecule has 2 aromatic rings. The second-order valence-electron chi connectivity index (χ2n) is 6.56. The lowest BCUT2D eigenvalue weighted by molar-refractivity contribution is -0.126. The van der Waals surface area contributed by atoms with Gasteiger partial charge in [-0.1, -0.05) is 6.92 Å². The molecule has 0 unspecified atom stereocenters. The lowest BCUT2D eigenvalue weighted by Crippen LogP contribution is -2.43. The van der Waals surface area contributed by atoms with Gasteiger partial charge in [-0.05, 0) is 31.4 Å². The van der Waals surface area contributed by atoms with Gasteiger partial charge < -0.3 is 14.8 Å². The van der Waals surface area contributed by atoms with Crippen LogP contribution < -0.4 is 5.32 Å². The van der Waals surface area contributed by atoms with Gasteiger partial charge in [0.1, 0.15) is 5.82 Å². The Morgan fingerprint density at radius 3 is 2.62 bits per heavy atom. The molecule has 0 radical (unpaired) electrons. The predicted molar refractivity (Wildman–Crippen MR) is 97.2 cm³/mol. The second-order valence-corrected chi connectivity index (χ2v) is 6.56. The molecule has 26 heavy (non-hydrogen) atoms. The zero-order valence-electron chi connectivity index (χ0n) is 15.1. The van der Waals surface area contributed by atoms with Crippen LogP contribution in [0.3, 0.4) is 0 Å². The summed E-state index contributed by atoms with van der Waals surface area (Å²) >= 11 is 0. The number of aromatic nitrogens is 3. The Morgan fingerprint density at radius 1 is 1.19 bits per heavy atom. The van der Waals surface area contributed by atoms with E-state index in [1.807, 2.05) is 11.1 Å². The van der Waals surface area contributed by atoms with Crippen LogP contribution in [0.25, 0.3) is 0 Å². The number of hydrogen-bond donors (Lipinski definition) is 1. The Balaban J connectivity index is 1.47. The van der Waals surface area contributed by atoms with Crippen LogP contribution in [0, 0.1) is 5.92 Å². The fourth-order valence-electron chi connectivity index (χ4n) is 3.28. The molecule has 1 N–H and O–H groups in total. The van der Waals surface area contributed by atoms with E-state index in [0.717, 1.165) is 18.8 Å². The first kappa shape index (κ1) is 18.1. The first-order valence-corrected chi connectivity index (χ1v) is 9.16. The van der Waals surface area contributed by atoms with E-state index >= 15 is 0 Å². The number of carbonyl (C=O) groups excluding carboxylic acids is 2. The summed E-state index contributed by atoms with van der Waals surface area (Å²) in [5, 5.41) is 3.00. The number of aryl methyl sites for hydroxylation is 1. The molecule has 2 amide bonds. The van der Waals surface area contributed by atoms with Gasteiger partial charge in [-0.25, -0.2) is 4.98 Å². The van der Waals surface area contributed by atoms with Crippen LogP contribution in [0.2, 0.25) is 0 Å². The third kappa shape index (κ3) is 4.28.